The molecule has 0 atom stereocenters. The quantitative estimate of drug-likeness (QED) is 0.276. The predicted octanol–water partition coefficient (Wildman–Crippen LogP) is 6.20. The molecule has 0 amide bonds. The SMILES string of the molecule is COC(=O)c1cc(Oc2ccc(-c3ccc(C(C)C)nn3)cc2)c(Cc2cc(C(F)F)c[nH]c2=O)cc1F. The fourth-order valence-electron chi connectivity index (χ4n) is 3.73. The number of ether oxygens (including phenoxy) is 2. The minimum absolute atomic E-state index is 0.0170. The highest BCUT2D eigenvalue weighted by atomic mass is 19.3. The maximum Gasteiger partial charge on any atom is 0.340 e. The second-order valence-electron chi connectivity index (χ2n) is 8.82. The van der Waals surface area contributed by atoms with E-state index in [0.29, 0.717) is 11.4 Å². The van der Waals surface area contributed by atoms with Gasteiger partial charge in [-0.15, -0.1) is 0 Å². The van der Waals surface area contributed by atoms with E-state index in [4.69, 9.17) is 4.74 Å². The molecular formula is C28H24F3N3O4. The molecule has 1 N–H and O–H groups in total. The molecule has 7 nitrogen and oxygen atoms in total. The van der Waals surface area contributed by atoms with E-state index in [1.807, 2.05) is 26.0 Å². The second kappa shape index (κ2) is 11.3. The number of nitrogens with one attached hydrogen (secondary N) is 1. The summed E-state index contributed by atoms with van der Waals surface area (Å²) in [6.07, 6.45) is -2.10. The standard InChI is InChI=1S/C28H24F3N3O4/c1-15(2)23-8-9-24(34-33-23)16-4-6-20(7-5-16)38-25-13-21(28(36)37-3)22(29)12-17(25)10-18-11-19(26(30)31)14-32-27(18)35/h4-9,11-15,26H,10H2,1-3H3,(H,32,35). The zero-order valence-corrected chi connectivity index (χ0v) is 20.8. The summed E-state index contributed by atoms with van der Waals surface area (Å²) in [5, 5.41) is 8.48. The van der Waals surface area contributed by atoms with Crippen molar-refractivity contribution < 1.29 is 27.4 Å². The van der Waals surface area contributed by atoms with E-state index in [2.05, 4.69) is 19.9 Å². The average Bonchev–Trinajstić information content (AvgIpc) is 2.91. The molecule has 0 bridgehead atoms. The molecule has 196 valence electrons. The molecule has 0 radical (unpaired) electrons. The number of carbonyl (C=O) groups is 1. The molecule has 0 aliphatic carbocycles. The van der Waals surface area contributed by atoms with Gasteiger partial charge in [-0.3, -0.25) is 4.79 Å². The molecule has 2 heterocycles. The zero-order valence-electron chi connectivity index (χ0n) is 20.8. The van der Waals surface area contributed by atoms with Crippen LogP contribution in [0.15, 0.2) is 65.6 Å². The van der Waals surface area contributed by atoms with Crippen molar-refractivity contribution in [1.82, 2.24) is 15.2 Å². The first-order valence-electron chi connectivity index (χ1n) is 11.7. The van der Waals surface area contributed by atoms with Crippen molar-refractivity contribution in [3.05, 3.63) is 105 Å². The number of rotatable bonds is 8. The van der Waals surface area contributed by atoms with Gasteiger partial charge in [0.05, 0.1) is 24.1 Å². The lowest BCUT2D eigenvalue weighted by atomic mass is 10.0. The summed E-state index contributed by atoms with van der Waals surface area (Å²) in [5.74, 6) is -1.17. The van der Waals surface area contributed by atoms with Gasteiger partial charge in [0.15, 0.2) is 0 Å². The van der Waals surface area contributed by atoms with Crippen LogP contribution >= 0.6 is 0 Å². The van der Waals surface area contributed by atoms with Gasteiger partial charge in [0.1, 0.15) is 17.3 Å². The summed E-state index contributed by atoms with van der Waals surface area (Å²) < 4.78 is 51.7. The number of benzene rings is 2. The highest BCUT2D eigenvalue weighted by molar-refractivity contribution is 5.90. The highest BCUT2D eigenvalue weighted by Gasteiger charge is 2.20. The average molecular weight is 524 g/mol. The van der Waals surface area contributed by atoms with E-state index in [1.165, 1.54) is 0 Å². The van der Waals surface area contributed by atoms with E-state index in [0.717, 1.165) is 42.8 Å². The van der Waals surface area contributed by atoms with Gasteiger partial charge in [0.2, 0.25) is 0 Å². The normalized spacial score (nSPS) is 11.2. The number of halogens is 3. The number of esters is 1. The molecule has 0 unspecified atom stereocenters. The van der Waals surface area contributed by atoms with Crippen LogP contribution < -0.4 is 10.3 Å². The lowest BCUT2D eigenvalue weighted by Crippen LogP contribution is -2.14. The zero-order chi connectivity index (χ0) is 27.4. The maximum atomic E-state index is 14.8. The first-order valence-corrected chi connectivity index (χ1v) is 11.7. The third kappa shape index (κ3) is 5.91. The minimum atomic E-state index is -2.80. The molecule has 0 saturated heterocycles. The van der Waals surface area contributed by atoms with Crippen LogP contribution in [0, 0.1) is 5.82 Å². The largest absolute Gasteiger partial charge is 0.465 e. The van der Waals surface area contributed by atoms with Gasteiger partial charge in [-0.05, 0) is 60.5 Å². The molecule has 38 heavy (non-hydrogen) atoms. The van der Waals surface area contributed by atoms with Crippen molar-refractivity contribution in [1.29, 1.82) is 0 Å². The van der Waals surface area contributed by atoms with E-state index in [-0.39, 0.29) is 40.3 Å². The van der Waals surface area contributed by atoms with Crippen molar-refractivity contribution in [3.8, 4) is 22.8 Å². The molecule has 0 spiro atoms. The first kappa shape index (κ1) is 26.6. The number of aromatic amines is 1. The number of nitrogens with zero attached hydrogens (tertiary/aromatic N) is 2. The van der Waals surface area contributed by atoms with Gasteiger partial charge >= 0.3 is 5.97 Å². The van der Waals surface area contributed by atoms with Crippen LogP contribution in [0.4, 0.5) is 13.2 Å². The fraction of sp³-hybridized carbons (Fsp3) is 0.214. The van der Waals surface area contributed by atoms with Crippen LogP contribution in [0.2, 0.25) is 0 Å². The predicted molar refractivity (Wildman–Crippen MR) is 134 cm³/mol. The number of alkyl halides is 2. The van der Waals surface area contributed by atoms with Gasteiger partial charge in [-0.25, -0.2) is 18.0 Å². The summed E-state index contributed by atoms with van der Waals surface area (Å²) in [7, 11) is 1.11. The Kier molecular flexibility index (Phi) is 7.90. The summed E-state index contributed by atoms with van der Waals surface area (Å²) in [4.78, 5) is 26.6. The van der Waals surface area contributed by atoms with Crippen LogP contribution in [0.5, 0.6) is 11.5 Å². The number of aromatic nitrogens is 3. The van der Waals surface area contributed by atoms with Gasteiger partial charge in [0.25, 0.3) is 12.0 Å². The lowest BCUT2D eigenvalue weighted by Gasteiger charge is -2.14. The molecule has 2 aromatic heterocycles. The number of carbonyl (C=O) groups excluding carboxylic acids is 1. The van der Waals surface area contributed by atoms with Gasteiger partial charge in [0, 0.05) is 34.9 Å². The smallest absolute Gasteiger partial charge is 0.340 e. The number of methoxy groups -OCH3 is 1. The minimum Gasteiger partial charge on any atom is -0.465 e. The van der Waals surface area contributed by atoms with Gasteiger partial charge in [-0.2, -0.15) is 10.2 Å². The Bertz CT molecular complexity index is 1500. The maximum absolute atomic E-state index is 14.8. The van der Waals surface area contributed by atoms with Crippen molar-refractivity contribution >= 4 is 5.97 Å². The molecule has 10 heteroatoms. The van der Waals surface area contributed by atoms with Crippen molar-refractivity contribution in [2.45, 2.75) is 32.6 Å². The molecule has 0 aliphatic heterocycles. The third-order valence-electron chi connectivity index (χ3n) is 5.85. The topological polar surface area (TPSA) is 94.2 Å². The van der Waals surface area contributed by atoms with Gasteiger partial charge < -0.3 is 14.5 Å². The number of hydrogen-bond acceptors (Lipinski definition) is 6. The van der Waals surface area contributed by atoms with E-state index in [9.17, 15) is 22.8 Å². The monoisotopic (exact) mass is 523 g/mol. The lowest BCUT2D eigenvalue weighted by molar-refractivity contribution is 0.0595. The van der Waals surface area contributed by atoms with Crippen LogP contribution in [0.1, 0.15) is 58.9 Å². The number of hydrogen-bond donors (Lipinski definition) is 1. The second-order valence-corrected chi connectivity index (χ2v) is 8.82. The Morgan fingerprint density at radius 3 is 2.34 bits per heavy atom. The van der Waals surface area contributed by atoms with Crippen molar-refractivity contribution in [2.24, 2.45) is 0 Å². The highest BCUT2D eigenvalue weighted by Crippen LogP contribution is 2.32. The van der Waals surface area contributed by atoms with E-state index < -0.39 is 23.8 Å². The summed E-state index contributed by atoms with van der Waals surface area (Å²) in [5.41, 5.74) is 1.11. The fourth-order valence-corrected chi connectivity index (χ4v) is 3.73. The molecule has 4 aromatic rings. The molecule has 2 aromatic carbocycles. The Balaban J connectivity index is 1.67. The van der Waals surface area contributed by atoms with Crippen molar-refractivity contribution in [2.75, 3.05) is 7.11 Å². The summed E-state index contributed by atoms with van der Waals surface area (Å²) >= 11 is 0. The van der Waals surface area contributed by atoms with Crippen LogP contribution in [0.25, 0.3) is 11.3 Å². The Morgan fingerprint density at radius 1 is 1.00 bits per heavy atom. The number of H-pyrrole nitrogens is 1. The van der Waals surface area contributed by atoms with Crippen LogP contribution in [-0.2, 0) is 11.2 Å². The van der Waals surface area contributed by atoms with Gasteiger partial charge in [-0.1, -0.05) is 13.8 Å². The Labute approximate surface area is 216 Å². The molecule has 0 fully saturated rings. The molecular weight excluding hydrogens is 499 g/mol. The summed E-state index contributed by atoms with van der Waals surface area (Å²) in [6.45, 7) is 4.05. The molecule has 0 aliphatic rings. The summed E-state index contributed by atoms with van der Waals surface area (Å²) in [6, 6.07) is 13.8. The van der Waals surface area contributed by atoms with Crippen LogP contribution in [-0.4, -0.2) is 28.3 Å². The van der Waals surface area contributed by atoms with E-state index in [1.54, 1.807) is 24.3 Å². The Hall–Kier alpha value is -4.47. The molecule has 0 saturated carbocycles. The molecule has 4 rings (SSSR count). The van der Waals surface area contributed by atoms with E-state index >= 15 is 0 Å². The van der Waals surface area contributed by atoms with Crippen molar-refractivity contribution in [3.63, 3.8) is 0 Å². The third-order valence-corrected chi connectivity index (χ3v) is 5.85. The number of pyridine rings is 1. The Morgan fingerprint density at radius 2 is 1.74 bits per heavy atom. The first-order chi connectivity index (χ1) is 18.2. The van der Waals surface area contributed by atoms with Crippen LogP contribution in [0.3, 0.4) is 0 Å².